The fourth-order valence-corrected chi connectivity index (χ4v) is 6.70. The van der Waals surface area contributed by atoms with Crippen LogP contribution < -0.4 is 5.32 Å². The van der Waals surface area contributed by atoms with Gasteiger partial charge in [-0.2, -0.15) is 14.1 Å². The average molecular weight is 520 g/mol. The van der Waals surface area contributed by atoms with Crippen LogP contribution in [0.3, 0.4) is 0 Å². The first-order valence-electron chi connectivity index (χ1n) is 10.4. The number of fused-ring (bicyclic) bond motifs is 1. The van der Waals surface area contributed by atoms with Crippen molar-refractivity contribution in [2.24, 2.45) is 0 Å². The third kappa shape index (κ3) is 4.09. The summed E-state index contributed by atoms with van der Waals surface area (Å²) < 4.78 is 43.8. The summed E-state index contributed by atoms with van der Waals surface area (Å²) in [4.78, 5) is 17.6. The van der Waals surface area contributed by atoms with Crippen molar-refractivity contribution >= 4 is 54.9 Å². The lowest BCUT2D eigenvalue weighted by Gasteiger charge is -2.23. The molecule has 1 amide bonds. The number of carbonyl (C=O) groups excluding carboxylic acids is 1. The maximum atomic E-state index is 14.1. The molecule has 1 unspecified atom stereocenters. The summed E-state index contributed by atoms with van der Waals surface area (Å²) >= 11 is 7.12. The van der Waals surface area contributed by atoms with Crippen molar-refractivity contribution in [3.05, 3.63) is 65.1 Å². The Balaban J connectivity index is 1.43. The summed E-state index contributed by atoms with van der Waals surface area (Å²) in [5.41, 5.74) is 0.844. The van der Waals surface area contributed by atoms with Gasteiger partial charge in [0.05, 0.1) is 15.3 Å². The van der Waals surface area contributed by atoms with Crippen LogP contribution in [0.4, 0.5) is 10.2 Å². The molecule has 5 rings (SSSR count). The number of aromatic nitrogens is 3. The highest BCUT2D eigenvalue weighted by Gasteiger charge is 2.39. The number of halogens is 2. The number of para-hydroxylation sites is 1. The van der Waals surface area contributed by atoms with Gasteiger partial charge in [-0.15, -0.1) is 0 Å². The van der Waals surface area contributed by atoms with Crippen LogP contribution in [0.2, 0.25) is 5.02 Å². The van der Waals surface area contributed by atoms with Gasteiger partial charge in [-0.1, -0.05) is 29.0 Å². The van der Waals surface area contributed by atoms with Gasteiger partial charge in [0.15, 0.2) is 0 Å². The maximum Gasteiger partial charge on any atom is 0.243 e. The number of sulfonamides is 1. The van der Waals surface area contributed by atoms with Gasteiger partial charge in [0.25, 0.3) is 0 Å². The number of amides is 1. The second-order valence-electron chi connectivity index (χ2n) is 7.88. The highest BCUT2D eigenvalue weighted by Crippen LogP contribution is 2.30. The molecule has 1 fully saturated rings. The van der Waals surface area contributed by atoms with Crippen molar-refractivity contribution in [3.8, 4) is 5.13 Å². The lowest BCUT2D eigenvalue weighted by atomic mass is 10.2. The Kier molecular flexibility index (Phi) is 5.88. The van der Waals surface area contributed by atoms with Crippen molar-refractivity contribution < 1.29 is 17.6 Å². The van der Waals surface area contributed by atoms with Crippen molar-refractivity contribution in [1.29, 1.82) is 0 Å². The number of thiazole rings is 1. The molecule has 2 aromatic heterocycles. The molecule has 34 heavy (non-hydrogen) atoms. The van der Waals surface area contributed by atoms with Crippen LogP contribution in [0.1, 0.15) is 18.5 Å². The van der Waals surface area contributed by atoms with Gasteiger partial charge in [0.2, 0.25) is 21.1 Å². The van der Waals surface area contributed by atoms with Crippen molar-refractivity contribution in [3.63, 3.8) is 0 Å². The van der Waals surface area contributed by atoms with Gasteiger partial charge < -0.3 is 5.32 Å². The Morgan fingerprint density at radius 2 is 2.00 bits per heavy atom. The minimum atomic E-state index is -3.88. The molecule has 1 aliphatic heterocycles. The Hall–Kier alpha value is -2.86. The Morgan fingerprint density at radius 3 is 2.74 bits per heavy atom. The third-order valence-corrected chi connectivity index (χ3v) is 8.72. The average Bonchev–Trinajstić information content (AvgIpc) is 3.52. The highest BCUT2D eigenvalue weighted by molar-refractivity contribution is 7.89. The molecular formula is C22H19ClFN5O3S2. The molecule has 3 heterocycles. The standard InChI is InChI=1S/C22H19ClFN5O3S2/c1-13-12-19(29(27-13)22-26-20-16(24)4-2-6-18(20)33-22)25-21(30)17-5-3-11-28(17)34(31,32)15-9-7-14(23)8-10-15/h2,4,6-10,12,17H,3,5,11H2,1H3,(H,25,30). The predicted molar refractivity (Wildman–Crippen MR) is 128 cm³/mol. The fourth-order valence-electron chi connectivity index (χ4n) is 3.97. The van der Waals surface area contributed by atoms with Gasteiger partial charge in [-0.25, -0.2) is 17.8 Å². The predicted octanol–water partition coefficient (Wildman–Crippen LogP) is 4.37. The minimum Gasteiger partial charge on any atom is -0.309 e. The highest BCUT2D eigenvalue weighted by atomic mass is 35.5. The number of hydrogen-bond donors (Lipinski definition) is 1. The number of rotatable bonds is 5. The number of hydrogen-bond acceptors (Lipinski definition) is 6. The van der Waals surface area contributed by atoms with Crippen molar-refractivity contribution in [2.45, 2.75) is 30.7 Å². The molecule has 0 radical (unpaired) electrons. The topological polar surface area (TPSA) is 97.2 Å². The minimum absolute atomic E-state index is 0.0778. The first-order valence-corrected chi connectivity index (χ1v) is 13.1. The first kappa shape index (κ1) is 22.9. The van der Waals surface area contributed by atoms with Crippen LogP contribution >= 0.6 is 22.9 Å². The molecule has 0 bridgehead atoms. The molecule has 1 aliphatic rings. The van der Waals surface area contributed by atoms with Crippen LogP contribution in [0.15, 0.2) is 53.4 Å². The Labute approximate surface area is 204 Å². The zero-order chi connectivity index (χ0) is 24.0. The number of aryl methyl sites for hydroxylation is 1. The summed E-state index contributed by atoms with van der Waals surface area (Å²) in [5, 5.41) is 8.01. The van der Waals surface area contributed by atoms with Crippen LogP contribution in [0, 0.1) is 12.7 Å². The lowest BCUT2D eigenvalue weighted by Crippen LogP contribution is -2.43. The number of nitrogens with one attached hydrogen (secondary N) is 1. The van der Waals surface area contributed by atoms with E-state index in [0.29, 0.717) is 39.2 Å². The van der Waals surface area contributed by atoms with E-state index in [1.807, 2.05) is 0 Å². The van der Waals surface area contributed by atoms with E-state index in [1.54, 1.807) is 25.1 Å². The molecule has 0 aliphatic carbocycles. The molecule has 4 aromatic rings. The van der Waals surface area contributed by atoms with E-state index in [9.17, 15) is 17.6 Å². The van der Waals surface area contributed by atoms with E-state index in [2.05, 4.69) is 15.4 Å². The second kappa shape index (κ2) is 8.73. The van der Waals surface area contributed by atoms with Gasteiger partial charge >= 0.3 is 0 Å². The quantitative estimate of drug-likeness (QED) is 0.422. The molecule has 0 spiro atoms. The molecule has 1 saturated heterocycles. The largest absolute Gasteiger partial charge is 0.309 e. The van der Waals surface area contributed by atoms with Gasteiger partial charge in [0, 0.05) is 17.6 Å². The smallest absolute Gasteiger partial charge is 0.243 e. The molecule has 1 N–H and O–H groups in total. The van der Waals surface area contributed by atoms with Crippen LogP contribution in [0.5, 0.6) is 0 Å². The molecule has 2 aromatic carbocycles. The summed E-state index contributed by atoms with van der Waals surface area (Å²) in [5.74, 6) is -0.579. The molecule has 8 nitrogen and oxygen atoms in total. The van der Waals surface area contributed by atoms with E-state index >= 15 is 0 Å². The fraction of sp³-hybridized carbons (Fsp3) is 0.227. The zero-order valence-corrected chi connectivity index (χ0v) is 20.3. The second-order valence-corrected chi connectivity index (χ2v) is 11.2. The Morgan fingerprint density at radius 1 is 1.24 bits per heavy atom. The van der Waals surface area contributed by atoms with Crippen LogP contribution in [0.25, 0.3) is 15.3 Å². The summed E-state index contributed by atoms with van der Waals surface area (Å²) in [6, 6.07) is 11.3. The molecule has 12 heteroatoms. The van der Waals surface area contributed by atoms with E-state index in [-0.39, 0.29) is 17.0 Å². The summed E-state index contributed by atoms with van der Waals surface area (Å²) in [6.07, 6.45) is 0.943. The van der Waals surface area contributed by atoms with Gasteiger partial charge in [-0.05, 0) is 56.2 Å². The van der Waals surface area contributed by atoms with E-state index in [4.69, 9.17) is 11.6 Å². The zero-order valence-electron chi connectivity index (χ0n) is 17.9. The van der Waals surface area contributed by atoms with Gasteiger partial charge in [0.1, 0.15) is 23.2 Å². The number of nitrogens with zero attached hydrogens (tertiary/aromatic N) is 4. The third-order valence-electron chi connectivity index (χ3n) is 5.55. The SMILES string of the molecule is Cc1cc(NC(=O)C2CCCN2S(=O)(=O)c2ccc(Cl)cc2)n(-c2nc3c(F)cccc3s2)n1. The van der Waals surface area contributed by atoms with Crippen molar-refractivity contribution in [2.75, 3.05) is 11.9 Å². The van der Waals surface area contributed by atoms with Gasteiger partial charge in [-0.3, -0.25) is 4.79 Å². The molecule has 176 valence electrons. The first-order chi connectivity index (χ1) is 16.2. The normalized spacial score (nSPS) is 16.9. The van der Waals surface area contributed by atoms with E-state index < -0.39 is 27.8 Å². The summed E-state index contributed by atoms with van der Waals surface area (Å²) in [6.45, 7) is 1.99. The molecule has 1 atom stereocenters. The van der Waals surface area contributed by atoms with E-state index in [1.165, 1.54) is 50.7 Å². The summed E-state index contributed by atoms with van der Waals surface area (Å²) in [7, 11) is -3.88. The lowest BCUT2D eigenvalue weighted by molar-refractivity contribution is -0.119. The van der Waals surface area contributed by atoms with Crippen molar-refractivity contribution in [1.82, 2.24) is 19.1 Å². The molecule has 0 saturated carbocycles. The van der Waals surface area contributed by atoms with E-state index in [0.717, 1.165) is 0 Å². The number of benzene rings is 2. The molecular weight excluding hydrogens is 501 g/mol. The van der Waals surface area contributed by atoms with Crippen LogP contribution in [-0.2, 0) is 14.8 Å². The number of carbonyl (C=O) groups is 1. The van der Waals surface area contributed by atoms with Crippen LogP contribution in [-0.4, -0.2) is 46.0 Å². The monoisotopic (exact) mass is 519 g/mol. The maximum absolute atomic E-state index is 14.1. The number of anilines is 1. The Bertz CT molecular complexity index is 1500.